The van der Waals surface area contributed by atoms with Gasteiger partial charge in [-0.1, -0.05) is 11.6 Å². The van der Waals surface area contributed by atoms with Gasteiger partial charge < -0.3 is 4.18 Å². The Labute approximate surface area is 140 Å². The van der Waals surface area contributed by atoms with Gasteiger partial charge in [-0.05, 0) is 28.1 Å². The molecule has 0 amide bonds. The second-order valence-electron chi connectivity index (χ2n) is 4.28. The number of fused-ring (bicyclic) bond motifs is 3. The van der Waals surface area contributed by atoms with Crippen molar-refractivity contribution in [2.75, 3.05) is 0 Å². The van der Waals surface area contributed by atoms with Crippen molar-refractivity contribution in [3.05, 3.63) is 34.0 Å². The van der Waals surface area contributed by atoms with E-state index in [9.17, 15) is 21.6 Å². The van der Waals surface area contributed by atoms with Gasteiger partial charge in [0.1, 0.15) is 0 Å². The fourth-order valence-electron chi connectivity index (χ4n) is 1.83. The van der Waals surface area contributed by atoms with Crippen LogP contribution in [-0.4, -0.2) is 28.3 Å². The van der Waals surface area contributed by atoms with Crippen molar-refractivity contribution < 1.29 is 25.8 Å². The summed E-state index contributed by atoms with van der Waals surface area (Å²) in [6, 6.07) is 2.93. The van der Waals surface area contributed by atoms with Crippen molar-refractivity contribution in [1.29, 1.82) is 0 Å². The number of aromatic nitrogens is 3. The average molecular weight is 431 g/mol. The molecule has 122 valence electrons. The minimum absolute atomic E-state index is 0.166. The Morgan fingerprint density at radius 1 is 1.30 bits per heavy atom. The quantitative estimate of drug-likeness (QED) is 0.459. The van der Waals surface area contributed by atoms with Gasteiger partial charge in [-0.2, -0.15) is 21.6 Å². The molecule has 2 heterocycles. The first-order valence-electron chi connectivity index (χ1n) is 5.73. The highest BCUT2D eigenvalue weighted by Gasteiger charge is 2.49. The molecule has 0 aliphatic carbocycles. The largest absolute Gasteiger partial charge is 0.534 e. The number of benzene rings is 1. The summed E-state index contributed by atoms with van der Waals surface area (Å²) >= 11 is 9.13. The molecule has 0 fully saturated rings. The van der Waals surface area contributed by atoms with Crippen molar-refractivity contribution in [2.24, 2.45) is 0 Å². The highest BCUT2D eigenvalue weighted by atomic mass is 79.9. The lowest BCUT2D eigenvalue weighted by Crippen LogP contribution is -2.28. The molecule has 1 aromatic carbocycles. The summed E-state index contributed by atoms with van der Waals surface area (Å²) in [6.45, 7) is 0. The zero-order chi connectivity index (χ0) is 17.0. The summed E-state index contributed by atoms with van der Waals surface area (Å²) in [7, 11) is -5.86. The number of alkyl halides is 3. The Hall–Kier alpha value is -1.59. The van der Waals surface area contributed by atoms with Crippen LogP contribution >= 0.6 is 27.5 Å². The molecule has 3 aromatic rings. The maximum atomic E-state index is 12.5. The van der Waals surface area contributed by atoms with Gasteiger partial charge in [-0.15, -0.1) is 0 Å². The van der Waals surface area contributed by atoms with Crippen molar-refractivity contribution in [2.45, 2.75) is 5.51 Å². The van der Waals surface area contributed by atoms with E-state index in [-0.39, 0.29) is 11.2 Å². The van der Waals surface area contributed by atoms with Gasteiger partial charge in [0.2, 0.25) is 5.65 Å². The van der Waals surface area contributed by atoms with Crippen LogP contribution in [0.4, 0.5) is 13.2 Å². The van der Waals surface area contributed by atoms with Crippen molar-refractivity contribution in [1.82, 2.24) is 14.4 Å². The summed E-state index contributed by atoms with van der Waals surface area (Å²) in [5.41, 5.74) is -5.18. The summed E-state index contributed by atoms with van der Waals surface area (Å²) in [4.78, 5) is 7.58. The van der Waals surface area contributed by atoms with Gasteiger partial charge in [0.25, 0.3) is 5.88 Å². The molecule has 0 spiro atoms. The zero-order valence-electron chi connectivity index (χ0n) is 10.7. The molecule has 0 radical (unpaired) electrons. The predicted molar refractivity (Wildman–Crippen MR) is 78.8 cm³/mol. The highest BCUT2D eigenvalue weighted by molar-refractivity contribution is 9.10. The molecule has 0 unspecified atom stereocenters. The number of nitrogens with zero attached hydrogens (tertiary/aromatic N) is 3. The molecule has 0 saturated heterocycles. The molecule has 0 aliphatic rings. The zero-order valence-corrected chi connectivity index (χ0v) is 13.8. The first-order chi connectivity index (χ1) is 10.6. The van der Waals surface area contributed by atoms with Gasteiger partial charge in [0, 0.05) is 16.9 Å². The fraction of sp³-hybridized carbons (Fsp3) is 0.0909. The van der Waals surface area contributed by atoms with E-state index in [0.717, 1.165) is 0 Å². The first-order valence-corrected chi connectivity index (χ1v) is 8.30. The lowest BCUT2D eigenvalue weighted by molar-refractivity contribution is -0.0500. The van der Waals surface area contributed by atoms with Crippen LogP contribution in [0.15, 0.2) is 29.0 Å². The van der Waals surface area contributed by atoms with E-state index in [1.807, 2.05) is 0 Å². The van der Waals surface area contributed by atoms with Gasteiger partial charge in [0.15, 0.2) is 0 Å². The molecule has 0 aliphatic heterocycles. The third kappa shape index (κ3) is 2.72. The molecule has 0 atom stereocenters. The SMILES string of the molecule is O=S(=O)(Oc1nc2cc(Br)c(Cl)cc2n2ccnc12)C(F)(F)F. The van der Waals surface area contributed by atoms with Crippen LogP contribution in [0.1, 0.15) is 0 Å². The molecule has 23 heavy (non-hydrogen) atoms. The summed E-state index contributed by atoms with van der Waals surface area (Å²) in [5, 5.41) is 0.339. The molecular formula is C11H4BrClF3N3O3S. The minimum atomic E-state index is -5.86. The highest BCUT2D eigenvalue weighted by Crippen LogP contribution is 2.32. The Morgan fingerprint density at radius 3 is 2.65 bits per heavy atom. The third-order valence-corrected chi connectivity index (χ3v) is 4.94. The molecular weight excluding hydrogens is 427 g/mol. The van der Waals surface area contributed by atoms with Crippen LogP contribution in [0, 0.1) is 0 Å². The van der Waals surface area contributed by atoms with Crippen molar-refractivity contribution in [3.63, 3.8) is 0 Å². The van der Waals surface area contributed by atoms with Crippen LogP contribution in [-0.2, 0) is 10.1 Å². The van der Waals surface area contributed by atoms with Crippen LogP contribution in [0.2, 0.25) is 5.02 Å². The van der Waals surface area contributed by atoms with Crippen molar-refractivity contribution in [3.8, 4) is 5.88 Å². The van der Waals surface area contributed by atoms with E-state index < -0.39 is 21.5 Å². The topological polar surface area (TPSA) is 73.6 Å². The fourth-order valence-corrected chi connectivity index (χ4v) is 2.73. The Balaban J connectivity index is 2.29. The number of hydrogen-bond donors (Lipinski definition) is 0. The molecule has 3 rings (SSSR count). The van der Waals surface area contributed by atoms with E-state index in [1.165, 1.54) is 28.9 Å². The second-order valence-corrected chi connectivity index (χ2v) is 7.08. The smallest absolute Gasteiger partial charge is 0.351 e. The lowest BCUT2D eigenvalue weighted by Gasteiger charge is -2.11. The molecule has 2 aromatic heterocycles. The van der Waals surface area contributed by atoms with Gasteiger partial charge in [0.05, 0.1) is 16.1 Å². The normalized spacial score (nSPS) is 12.9. The Bertz CT molecular complexity index is 1040. The maximum Gasteiger partial charge on any atom is 0.534 e. The summed E-state index contributed by atoms with van der Waals surface area (Å²) in [5.74, 6) is -0.783. The summed E-state index contributed by atoms with van der Waals surface area (Å²) < 4.78 is 65.7. The standard InChI is InChI=1S/C11H4BrClF3N3O3S/c12-5-3-7-8(4-6(5)13)19-2-1-17-9(19)10(18-7)22-23(20,21)11(14,15)16/h1-4H. The third-order valence-electron chi connectivity index (χ3n) is 2.80. The predicted octanol–water partition coefficient (Wildman–Crippen LogP) is 3.53. The van der Waals surface area contributed by atoms with Crippen LogP contribution in [0.3, 0.4) is 0 Å². The molecule has 12 heteroatoms. The molecule has 0 saturated carbocycles. The molecule has 0 bridgehead atoms. The summed E-state index contributed by atoms with van der Waals surface area (Å²) in [6.07, 6.45) is 2.68. The minimum Gasteiger partial charge on any atom is -0.351 e. The van der Waals surface area contributed by atoms with Gasteiger partial charge in [-0.3, -0.25) is 4.40 Å². The van der Waals surface area contributed by atoms with E-state index in [0.29, 0.717) is 15.0 Å². The Kier molecular flexibility index (Phi) is 3.69. The molecule has 6 nitrogen and oxygen atoms in total. The van der Waals surface area contributed by atoms with Crippen LogP contribution in [0.25, 0.3) is 16.7 Å². The van der Waals surface area contributed by atoms with E-state index in [4.69, 9.17) is 11.6 Å². The number of hydrogen-bond acceptors (Lipinski definition) is 5. The first kappa shape index (κ1) is 16.3. The Morgan fingerprint density at radius 2 is 2.00 bits per heavy atom. The number of imidazole rings is 1. The van der Waals surface area contributed by atoms with E-state index in [1.54, 1.807) is 0 Å². The van der Waals surface area contributed by atoms with E-state index >= 15 is 0 Å². The monoisotopic (exact) mass is 429 g/mol. The molecule has 0 N–H and O–H groups in total. The number of rotatable bonds is 2. The average Bonchev–Trinajstić information content (AvgIpc) is 2.89. The van der Waals surface area contributed by atoms with Gasteiger partial charge >= 0.3 is 15.6 Å². The van der Waals surface area contributed by atoms with Crippen molar-refractivity contribution >= 4 is 54.3 Å². The van der Waals surface area contributed by atoms with Gasteiger partial charge in [-0.25, -0.2) is 9.97 Å². The van der Waals surface area contributed by atoms with Crippen LogP contribution < -0.4 is 4.18 Å². The maximum absolute atomic E-state index is 12.5. The lowest BCUT2D eigenvalue weighted by atomic mass is 10.3. The van der Waals surface area contributed by atoms with Crippen LogP contribution in [0.5, 0.6) is 5.88 Å². The van der Waals surface area contributed by atoms with E-state index in [2.05, 4.69) is 30.1 Å². The number of halogens is 5. The second kappa shape index (κ2) is 5.21.